The summed E-state index contributed by atoms with van der Waals surface area (Å²) in [5, 5.41) is 0. The van der Waals surface area contributed by atoms with Crippen molar-refractivity contribution in [2.24, 2.45) is 0 Å². The van der Waals surface area contributed by atoms with Crippen molar-refractivity contribution in [3.63, 3.8) is 0 Å². The van der Waals surface area contributed by atoms with Gasteiger partial charge >= 0.3 is 0 Å². The molecule has 0 atom stereocenters. The van der Waals surface area contributed by atoms with E-state index in [2.05, 4.69) is 18.6 Å². The Morgan fingerprint density at radius 1 is 1.80 bits per heavy atom. The van der Waals surface area contributed by atoms with Crippen molar-refractivity contribution >= 4 is 22.5 Å². The van der Waals surface area contributed by atoms with Gasteiger partial charge in [0.1, 0.15) is 0 Å². The summed E-state index contributed by atoms with van der Waals surface area (Å²) in [4.78, 5) is 0. The Morgan fingerprint density at radius 3 is 2.40 bits per heavy atom. The minimum absolute atomic E-state index is 0.980. The van der Waals surface area contributed by atoms with Gasteiger partial charge in [-0.25, -0.2) is 0 Å². The summed E-state index contributed by atoms with van der Waals surface area (Å²) in [6.45, 7) is 3.61. The lowest BCUT2D eigenvalue weighted by Crippen LogP contribution is -1.61. The highest BCUT2D eigenvalue weighted by Crippen LogP contribution is 2.03. The van der Waals surface area contributed by atoms with E-state index in [-0.39, 0.29) is 0 Å². The number of hydrogen-bond donors (Lipinski definition) is 1. The van der Waals surface area contributed by atoms with Gasteiger partial charge in [-0.2, -0.15) is 0 Å². The van der Waals surface area contributed by atoms with E-state index in [1.807, 2.05) is 0 Å². The van der Waals surface area contributed by atoms with E-state index in [9.17, 15) is 0 Å². The van der Waals surface area contributed by atoms with Crippen LogP contribution in [0.15, 0.2) is 0 Å². The fourth-order valence-corrected chi connectivity index (χ4v) is 0.581. The van der Waals surface area contributed by atoms with Gasteiger partial charge in [0, 0.05) is 5.75 Å². The van der Waals surface area contributed by atoms with Gasteiger partial charge < -0.3 is 0 Å². The Bertz CT molecular complexity index is 12.4. The first-order chi connectivity index (χ1) is 2.41. The molecule has 0 amide bonds. The second kappa shape index (κ2) is 4.70. The molecule has 0 spiro atoms. The van der Waals surface area contributed by atoms with Crippen molar-refractivity contribution in [1.82, 2.24) is 0 Å². The molecule has 5 heavy (non-hydrogen) atoms. The molecule has 1 radical (unpaired) electrons. The Morgan fingerprint density at radius 2 is 2.40 bits per heavy atom. The summed E-state index contributed by atoms with van der Waals surface area (Å²) in [5.74, 6) is 1.06. The van der Waals surface area contributed by atoms with Crippen LogP contribution in [0.2, 0.25) is 0 Å². The average Bonchev–Trinajstić information content (AvgIpc) is 1.41. The normalized spacial score (nSPS) is 8.40. The monoisotopic (exact) mass is 107 g/mol. The molecule has 0 fully saturated rings. The van der Waals surface area contributed by atoms with Gasteiger partial charge in [-0.3, -0.25) is 0 Å². The Hall–Kier alpha value is 0.700. The molecule has 0 aliphatic rings. The third-order valence-electron chi connectivity index (χ3n) is 0.236. The van der Waals surface area contributed by atoms with Gasteiger partial charge in [-0.15, -0.1) is 11.7 Å². The van der Waals surface area contributed by atoms with Crippen LogP contribution in [0.3, 0.4) is 0 Å². The van der Waals surface area contributed by atoms with E-state index in [1.54, 1.807) is 0 Å². The van der Waals surface area contributed by atoms with Crippen molar-refractivity contribution < 1.29 is 0 Å². The van der Waals surface area contributed by atoms with Crippen LogP contribution < -0.4 is 0 Å². The smallest absolute Gasteiger partial charge is 0.00345 e. The molecule has 0 aromatic carbocycles. The molecule has 0 saturated heterocycles. The topological polar surface area (TPSA) is 0 Å². The third kappa shape index (κ3) is 4.70. The van der Waals surface area contributed by atoms with Crippen molar-refractivity contribution in [2.45, 2.75) is 6.42 Å². The first-order valence-corrected chi connectivity index (χ1v) is 3.51. The molecule has 0 nitrogen and oxygen atoms in total. The fourth-order valence-electron chi connectivity index (χ4n) is 0.0645. The molecule has 0 saturated carbocycles. The number of thiol groups is 1. The summed E-state index contributed by atoms with van der Waals surface area (Å²) in [6.07, 6.45) is 0.980. The lowest BCUT2D eigenvalue weighted by atomic mass is 10.6. The molecule has 0 aliphatic heterocycles. The second-order valence-electron chi connectivity index (χ2n) is 0.687. The molecule has 0 unspecified atom stereocenters. The highest BCUT2D eigenvalue weighted by atomic mass is 33.1. The van der Waals surface area contributed by atoms with Crippen LogP contribution in [-0.4, -0.2) is 5.75 Å². The highest BCUT2D eigenvalue weighted by molar-refractivity contribution is 8.68. The summed E-state index contributed by atoms with van der Waals surface area (Å²) in [5.41, 5.74) is 0. The standard InChI is InChI=1S/C3H7S2/c1-2-3-5-4/h4H,1-3H2. The van der Waals surface area contributed by atoms with Gasteiger partial charge in [-0.05, 0) is 6.42 Å². The number of hydrogen-bond acceptors (Lipinski definition) is 2. The van der Waals surface area contributed by atoms with Crippen molar-refractivity contribution in [2.75, 3.05) is 5.75 Å². The van der Waals surface area contributed by atoms with Crippen LogP contribution in [0, 0.1) is 6.92 Å². The lowest BCUT2D eigenvalue weighted by Gasteiger charge is -1.78. The Balaban J connectivity index is 2.19. The van der Waals surface area contributed by atoms with Crippen LogP contribution in [-0.2, 0) is 0 Å². The van der Waals surface area contributed by atoms with Gasteiger partial charge in [0.05, 0.1) is 0 Å². The van der Waals surface area contributed by atoms with Crippen molar-refractivity contribution in [3.8, 4) is 0 Å². The quantitative estimate of drug-likeness (QED) is 0.414. The first kappa shape index (κ1) is 5.70. The largest absolute Gasteiger partial charge is 0.111 e. The molecule has 0 bridgehead atoms. The predicted molar refractivity (Wildman–Crippen MR) is 31.4 cm³/mol. The first-order valence-electron chi connectivity index (χ1n) is 1.47. The minimum atomic E-state index is 0.980. The fraction of sp³-hybridized carbons (Fsp3) is 0.667. The summed E-state index contributed by atoms with van der Waals surface area (Å²) in [7, 11) is 1.53. The van der Waals surface area contributed by atoms with Crippen molar-refractivity contribution in [3.05, 3.63) is 6.92 Å². The minimum Gasteiger partial charge on any atom is -0.111 e. The Kier molecular flexibility index (Phi) is 5.36. The van der Waals surface area contributed by atoms with E-state index in [4.69, 9.17) is 0 Å². The molecule has 31 valence electrons. The second-order valence-corrected chi connectivity index (χ2v) is 2.13. The van der Waals surface area contributed by atoms with Crippen LogP contribution >= 0.6 is 22.5 Å². The van der Waals surface area contributed by atoms with Gasteiger partial charge in [0.15, 0.2) is 0 Å². The summed E-state index contributed by atoms with van der Waals surface area (Å²) in [6, 6.07) is 0. The zero-order valence-corrected chi connectivity index (χ0v) is 4.69. The van der Waals surface area contributed by atoms with E-state index >= 15 is 0 Å². The maximum atomic E-state index is 3.88. The third-order valence-corrected chi connectivity index (χ3v) is 1.25. The van der Waals surface area contributed by atoms with Crippen LogP contribution in [0.1, 0.15) is 6.42 Å². The van der Waals surface area contributed by atoms with Crippen LogP contribution in [0.25, 0.3) is 0 Å². The van der Waals surface area contributed by atoms with Gasteiger partial charge in [-0.1, -0.05) is 17.7 Å². The maximum Gasteiger partial charge on any atom is 0.00345 e. The average molecular weight is 107 g/mol. The SMILES string of the molecule is [CH2]CCSS. The zero-order chi connectivity index (χ0) is 4.12. The summed E-state index contributed by atoms with van der Waals surface area (Å²) >= 11 is 3.88. The van der Waals surface area contributed by atoms with Gasteiger partial charge in [0.2, 0.25) is 0 Å². The molecular weight excluding hydrogens is 100 g/mol. The van der Waals surface area contributed by atoms with E-state index in [1.165, 1.54) is 10.8 Å². The van der Waals surface area contributed by atoms with Crippen LogP contribution in [0.4, 0.5) is 0 Å². The highest BCUT2D eigenvalue weighted by Gasteiger charge is 1.69. The molecule has 0 aromatic rings. The molecule has 0 rings (SSSR count). The lowest BCUT2D eigenvalue weighted by molar-refractivity contribution is 1.25. The predicted octanol–water partition coefficient (Wildman–Crippen LogP) is 1.79. The summed E-state index contributed by atoms with van der Waals surface area (Å²) < 4.78 is 0. The van der Waals surface area contributed by atoms with Gasteiger partial charge in [0.25, 0.3) is 0 Å². The maximum absolute atomic E-state index is 3.88. The molecule has 0 N–H and O–H groups in total. The molecule has 0 aliphatic carbocycles. The molecule has 0 aromatic heterocycles. The van der Waals surface area contributed by atoms with Crippen LogP contribution in [0.5, 0.6) is 0 Å². The van der Waals surface area contributed by atoms with E-state index in [0.29, 0.717) is 0 Å². The van der Waals surface area contributed by atoms with Crippen molar-refractivity contribution in [1.29, 1.82) is 0 Å². The zero-order valence-electron chi connectivity index (χ0n) is 2.98. The van der Waals surface area contributed by atoms with E-state index in [0.717, 1.165) is 12.2 Å². The molecular formula is C3H7S2. The molecule has 2 heteroatoms. The number of rotatable bonds is 2. The Labute approximate surface area is 42.1 Å². The molecule has 0 heterocycles. The van der Waals surface area contributed by atoms with E-state index < -0.39 is 0 Å².